The molecule has 1 fully saturated rings. The lowest BCUT2D eigenvalue weighted by Crippen LogP contribution is -2.29. The summed E-state index contributed by atoms with van der Waals surface area (Å²) in [6, 6.07) is 12.8. The van der Waals surface area contributed by atoms with Gasteiger partial charge in [0, 0.05) is 31.7 Å². The molecule has 0 radical (unpaired) electrons. The number of oxazole rings is 1. The van der Waals surface area contributed by atoms with Crippen LogP contribution in [0.4, 0.5) is 11.4 Å². The smallest absolute Gasteiger partial charge is 0.408 e. The molecular weight excluding hydrogens is 378 g/mol. The van der Waals surface area contributed by atoms with Crippen LogP contribution >= 0.6 is 11.6 Å². The summed E-state index contributed by atoms with van der Waals surface area (Å²) >= 11 is 6.44. The number of carbonyl (C=O) groups excluding carboxylic acids is 1. The Morgan fingerprint density at radius 2 is 1.89 bits per heavy atom. The van der Waals surface area contributed by atoms with Crippen molar-refractivity contribution in [1.82, 2.24) is 4.57 Å². The summed E-state index contributed by atoms with van der Waals surface area (Å²) < 4.78 is 6.66. The van der Waals surface area contributed by atoms with Crippen molar-refractivity contribution in [1.29, 1.82) is 0 Å². The fourth-order valence-corrected chi connectivity index (χ4v) is 3.94. The number of aromatic nitrogens is 1. The van der Waals surface area contributed by atoms with Crippen LogP contribution in [0.5, 0.6) is 0 Å². The number of nitrogens with one attached hydrogen (secondary N) is 1. The third-order valence-corrected chi connectivity index (χ3v) is 5.37. The van der Waals surface area contributed by atoms with Gasteiger partial charge in [0.05, 0.1) is 16.2 Å². The first-order valence-electron chi connectivity index (χ1n) is 9.54. The zero-order valence-corrected chi connectivity index (χ0v) is 16.2. The van der Waals surface area contributed by atoms with Gasteiger partial charge in [-0.05, 0) is 49.6 Å². The van der Waals surface area contributed by atoms with Crippen LogP contribution in [0.15, 0.2) is 51.7 Å². The van der Waals surface area contributed by atoms with Gasteiger partial charge in [0.15, 0.2) is 5.58 Å². The molecule has 0 aliphatic carbocycles. The van der Waals surface area contributed by atoms with Crippen molar-refractivity contribution in [2.24, 2.45) is 0 Å². The zero-order valence-electron chi connectivity index (χ0n) is 15.5. The van der Waals surface area contributed by atoms with Crippen molar-refractivity contribution in [2.75, 3.05) is 23.3 Å². The van der Waals surface area contributed by atoms with Gasteiger partial charge in [-0.2, -0.15) is 0 Å². The van der Waals surface area contributed by atoms with Gasteiger partial charge < -0.3 is 14.6 Å². The third-order valence-electron chi connectivity index (χ3n) is 5.06. The number of halogens is 1. The van der Waals surface area contributed by atoms with E-state index in [1.807, 2.05) is 18.2 Å². The maximum atomic E-state index is 12.3. The molecular formula is C21H22ClN3O3. The molecule has 1 aromatic heterocycles. The first-order chi connectivity index (χ1) is 13.6. The quantitative estimate of drug-likeness (QED) is 0.695. The summed E-state index contributed by atoms with van der Waals surface area (Å²) in [5.74, 6) is -0.637. The first-order valence-corrected chi connectivity index (χ1v) is 9.92. The number of aryl methyl sites for hydroxylation is 1. The molecule has 28 heavy (non-hydrogen) atoms. The summed E-state index contributed by atoms with van der Waals surface area (Å²) in [5, 5.41) is 3.49. The second-order valence-electron chi connectivity index (χ2n) is 7.00. The summed E-state index contributed by atoms with van der Waals surface area (Å²) in [7, 11) is 0. The number of nitrogens with zero attached hydrogens (tertiary/aromatic N) is 2. The van der Waals surface area contributed by atoms with Gasteiger partial charge in [0.2, 0.25) is 5.91 Å². The average molecular weight is 400 g/mol. The van der Waals surface area contributed by atoms with Crippen molar-refractivity contribution in [3.63, 3.8) is 0 Å². The Labute approximate surface area is 167 Å². The number of hydrogen-bond acceptors (Lipinski definition) is 4. The van der Waals surface area contributed by atoms with Gasteiger partial charge in [-0.1, -0.05) is 23.7 Å². The van der Waals surface area contributed by atoms with Crippen molar-refractivity contribution in [3.05, 3.63) is 58.0 Å². The van der Waals surface area contributed by atoms with Gasteiger partial charge in [0.1, 0.15) is 0 Å². The molecule has 0 unspecified atom stereocenters. The summed E-state index contributed by atoms with van der Waals surface area (Å²) in [4.78, 5) is 26.6. The number of carbonyl (C=O) groups is 1. The van der Waals surface area contributed by atoms with Crippen LogP contribution in [0.25, 0.3) is 11.1 Å². The van der Waals surface area contributed by atoms with E-state index < -0.39 is 5.76 Å². The average Bonchev–Trinajstić information content (AvgIpc) is 3.02. The van der Waals surface area contributed by atoms with Crippen LogP contribution in [0, 0.1) is 0 Å². The standard InChI is InChI=1S/C21H22ClN3O3/c22-16-14-15(8-9-17(16)24-11-4-1-5-12-24)23-20(26)10-13-25-18-6-2-3-7-19(18)28-21(25)27/h2-3,6-9,14H,1,4-5,10-13H2,(H,23,26). The molecule has 3 aromatic rings. The molecule has 6 nitrogen and oxygen atoms in total. The lowest BCUT2D eigenvalue weighted by molar-refractivity contribution is -0.116. The Balaban J connectivity index is 1.40. The van der Waals surface area contributed by atoms with E-state index in [-0.39, 0.29) is 18.9 Å². The maximum absolute atomic E-state index is 12.3. The van der Waals surface area contributed by atoms with Crippen LogP contribution < -0.4 is 16.0 Å². The van der Waals surface area contributed by atoms with Gasteiger partial charge >= 0.3 is 5.76 Å². The Morgan fingerprint density at radius 1 is 1.11 bits per heavy atom. The molecule has 0 atom stereocenters. The molecule has 0 saturated carbocycles. The van der Waals surface area contributed by atoms with Crippen LogP contribution in [0.2, 0.25) is 5.02 Å². The summed E-state index contributed by atoms with van der Waals surface area (Å²) in [6.45, 7) is 2.28. The second kappa shape index (κ2) is 8.10. The van der Waals surface area contributed by atoms with E-state index in [4.69, 9.17) is 16.0 Å². The Morgan fingerprint density at radius 3 is 2.68 bits per heavy atom. The van der Waals surface area contributed by atoms with Crippen molar-refractivity contribution >= 4 is 40.0 Å². The molecule has 1 saturated heterocycles. The van der Waals surface area contributed by atoms with Crippen LogP contribution in [-0.2, 0) is 11.3 Å². The number of para-hydroxylation sites is 2. The van der Waals surface area contributed by atoms with E-state index >= 15 is 0 Å². The van der Waals surface area contributed by atoms with E-state index in [2.05, 4.69) is 10.2 Å². The highest BCUT2D eigenvalue weighted by molar-refractivity contribution is 6.33. The van der Waals surface area contributed by atoms with Gasteiger partial charge in [-0.25, -0.2) is 4.79 Å². The number of fused-ring (bicyclic) bond motifs is 1. The molecule has 0 spiro atoms. The molecule has 1 amide bonds. The Bertz CT molecular complexity index is 1050. The summed E-state index contributed by atoms with van der Waals surface area (Å²) in [5.41, 5.74) is 2.87. The predicted octanol–water partition coefficient (Wildman–Crippen LogP) is 4.27. The summed E-state index contributed by atoms with van der Waals surface area (Å²) in [6.07, 6.45) is 3.78. The van der Waals surface area contributed by atoms with E-state index in [1.165, 1.54) is 23.8 Å². The SMILES string of the molecule is O=C(CCn1c(=O)oc2ccccc21)Nc1ccc(N2CCCCC2)c(Cl)c1. The molecule has 1 aliphatic rings. The molecule has 1 aliphatic heterocycles. The van der Waals surface area contributed by atoms with Crippen LogP contribution in [0.1, 0.15) is 25.7 Å². The number of rotatable bonds is 5. The highest BCUT2D eigenvalue weighted by Crippen LogP contribution is 2.30. The van der Waals surface area contributed by atoms with Gasteiger partial charge in [-0.3, -0.25) is 9.36 Å². The Hall–Kier alpha value is -2.73. The maximum Gasteiger partial charge on any atom is 0.419 e. The normalized spacial score (nSPS) is 14.4. The van der Waals surface area contributed by atoms with E-state index in [1.54, 1.807) is 24.3 Å². The molecule has 2 heterocycles. The van der Waals surface area contributed by atoms with Crippen LogP contribution in [-0.4, -0.2) is 23.6 Å². The topological polar surface area (TPSA) is 67.5 Å². The predicted molar refractivity (Wildman–Crippen MR) is 111 cm³/mol. The van der Waals surface area contributed by atoms with Gasteiger partial charge in [-0.15, -0.1) is 0 Å². The van der Waals surface area contributed by atoms with E-state index in [0.29, 0.717) is 21.8 Å². The van der Waals surface area contributed by atoms with Crippen molar-refractivity contribution in [3.8, 4) is 0 Å². The third kappa shape index (κ3) is 3.92. The van der Waals surface area contributed by atoms with E-state index in [9.17, 15) is 9.59 Å². The number of piperidine rings is 1. The minimum Gasteiger partial charge on any atom is -0.408 e. The number of amides is 1. The molecule has 0 bridgehead atoms. The fraction of sp³-hybridized carbons (Fsp3) is 0.333. The fourth-order valence-electron chi connectivity index (χ4n) is 3.64. The molecule has 146 valence electrons. The number of hydrogen-bond donors (Lipinski definition) is 1. The molecule has 1 N–H and O–H groups in total. The van der Waals surface area contributed by atoms with Crippen LogP contribution in [0.3, 0.4) is 0 Å². The van der Waals surface area contributed by atoms with Gasteiger partial charge in [0.25, 0.3) is 0 Å². The zero-order chi connectivity index (χ0) is 19.5. The molecule has 2 aromatic carbocycles. The highest BCUT2D eigenvalue weighted by atomic mass is 35.5. The minimum atomic E-state index is -0.456. The minimum absolute atomic E-state index is 0.162. The number of anilines is 2. The molecule has 4 rings (SSSR count). The Kier molecular flexibility index (Phi) is 5.39. The number of benzene rings is 2. The lowest BCUT2D eigenvalue weighted by atomic mass is 10.1. The van der Waals surface area contributed by atoms with E-state index in [0.717, 1.165) is 18.8 Å². The largest absolute Gasteiger partial charge is 0.419 e. The van der Waals surface area contributed by atoms with Crippen molar-refractivity contribution < 1.29 is 9.21 Å². The van der Waals surface area contributed by atoms with Crippen molar-refractivity contribution in [2.45, 2.75) is 32.2 Å². The molecule has 7 heteroatoms. The lowest BCUT2D eigenvalue weighted by Gasteiger charge is -2.29. The first kappa shape index (κ1) is 18.6. The second-order valence-corrected chi connectivity index (χ2v) is 7.41. The highest BCUT2D eigenvalue weighted by Gasteiger charge is 2.15. The monoisotopic (exact) mass is 399 g/mol.